The topological polar surface area (TPSA) is 68.3 Å². The molecular formula is C26H31FN2O5. The van der Waals surface area contributed by atoms with Crippen LogP contribution in [0, 0.1) is 11.7 Å². The lowest BCUT2D eigenvalue weighted by Crippen LogP contribution is -2.37. The number of halogens is 1. The Morgan fingerprint density at radius 1 is 1.09 bits per heavy atom. The van der Waals surface area contributed by atoms with E-state index in [1.54, 1.807) is 19.2 Å². The van der Waals surface area contributed by atoms with Crippen LogP contribution in [-0.2, 0) is 27.3 Å². The van der Waals surface area contributed by atoms with Crippen LogP contribution in [0.4, 0.5) is 10.1 Å². The highest BCUT2D eigenvalue weighted by Crippen LogP contribution is 2.38. The maximum absolute atomic E-state index is 14.9. The lowest BCUT2D eigenvalue weighted by molar-refractivity contribution is -0.156. The van der Waals surface area contributed by atoms with E-state index in [0.717, 1.165) is 38.0 Å². The van der Waals surface area contributed by atoms with Crippen LogP contribution in [0.1, 0.15) is 37.3 Å². The zero-order valence-electron chi connectivity index (χ0n) is 19.7. The van der Waals surface area contributed by atoms with Gasteiger partial charge in [0.25, 0.3) is 0 Å². The number of carbonyl (C=O) groups is 2. The molecule has 182 valence electrons. The quantitative estimate of drug-likeness (QED) is 0.430. The van der Waals surface area contributed by atoms with Crippen LogP contribution in [0.25, 0.3) is 0 Å². The van der Waals surface area contributed by atoms with Crippen molar-refractivity contribution >= 4 is 17.6 Å². The van der Waals surface area contributed by atoms with Crippen molar-refractivity contribution in [2.45, 2.75) is 39.2 Å². The number of benzene rings is 2. The largest absolute Gasteiger partial charge is 0.497 e. The number of hydrogen-bond acceptors (Lipinski definition) is 6. The predicted molar refractivity (Wildman–Crippen MR) is 125 cm³/mol. The van der Waals surface area contributed by atoms with Gasteiger partial charge < -0.3 is 24.0 Å². The molecule has 7 nitrogen and oxygen atoms in total. The molecule has 34 heavy (non-hydrogen) atoms. The van der Waals surface area contributed by atoms with Crippen LogP contribution in [0.3, 0.4) is 0 Å². The number of carbonyl (C=O) groups excluding carboxylic acids is 2. The third-order valence-electron chi connectivity index (χ3n) is 6.63. The Labute approximate surface area is 199 Å². The second-order valence-corrected chi connectivity index (χ2v) is 8.63. The molecule has 0 saturated carbocycles. The summed E-state index contributed by atoms with van der Waals surface area (Å²) in [5.41, 5.74) is 1.69. The van der Waals surface area contributed by atoms with Gasteiger partial charge in [0.2, 0.25) is 12.7 Å². The van der Waals surface area contributed by atoms with Crippen molar-refractivity contribution < 1.29 is 28.2 Å². The molecule has 4 rings (SSSR count). The highest BCUT2D eigenvalue weighted by molar-refractivity contribution is 5.97. The van der Waals surface area contributed by atoms with E-state index < -0.39 is 5.82 Å². The molecule has 2 aliphatic rings. The van der Waals surface area contributed by atoms with E-state index in [9.17, 15) is 14.0 Å². The standard InChI is InChI=1S/C26H31FN2O5/c1-3-28-14-12-19(13-15-28)26(31)34-17-33-23-10-9-22(27)25-21(23)8-11-24(30)29(25)16-18-4-6-20(32-2)7-5-18/h4-7,9-10,19H,3,8,11-17H2,1-2H3. The summed E-state index contributed by atoms with van der Waals surface area (Å²) in [6.07, 6.45) is 2.17. The van der Waals surface area contributed by atoms with Gasteiger partial charge >= 0.3 is 5.97 Å². The maximum atomic E-state index is 14.9. The monoisotopic (exact) mass is 470 g/mol. The zero-order valence-corrected chi connectivity index (χ0v) is 19.7. The fourth-order valence-electron chi connectivity index (χ4n) is 4.58. The van der Waals surface area contributed by atoms with Crippen LogP contribution < -0.4 is 14.4 Å². The third-order valence-corrected chi connectivity index (χ3v) is 6.63. The molecule has 0 unspecified atom stereocenters. The first-order valence-electron chi connectivity index (χ1n) is 11.8. The van der Waals surface area contributed by atoms with E-state index in [2.05, 4.69) is 11.8 Å². The van der Waals surface area contributed by atoms with Crippen molar-refractivity contribution in [3.05, 3.63) is 53.3 Å². The number of anilines is 1. The number of piperidine rings is 1. The minimum Gasteiger partial charge on any atom is -0.497 e. The predicted octanol–water partition coefficient (Wildman–Crippen LogP) is 3.93. The highest BCUT2D eigenvalue weighted by Gasteiger charge is 2.30. The first kappa shape index (κ1) is 24.0. The van der Waals surface area contributed by atoms with E-state index >= 15 is 0 Å². The number of rotatable bonds is 8. The average Bonchev–Trinajstić information content (AvgIpc) is 2.87. The first-order valence-corrected chi connectivity index (χ1v) is 11.8. The van der Waals surface area contributed by atoms with E-state index in [1.807, 2.05) is 12.1 Å². The molecule has 2 aliphatic heterocycles. The smallest absolute Gasteiger partial charge is 0.311 e. The Hall–Kier alpha value is -3.13. The first-order chi connectivity index (χ1) is 16.5. The van der Waals surface area contributed by atoms with Crippen molar-refractivity contribution in [1.82, 2.24) is 4.90 Å². The van der Waals surface area contributed by atoms with Crippen molar-refractivity contribution in [2.24, 2.45) is 5.92 Å². The number of methoxy groups -OCH3 is 1. The van der Waals surface area contributed by atoms with Gasteiger partial charge in [-0.1, -0.05) is 19.1 Å². The number of esters is 1. The van der Waals surface area contributed by atoms with E-state index in [4.69, 9.17) is 14.2 Å². The number of fused-ring (bicyclic) bond motifs is 1. The van der Waals surface area contributed by atoms with Crippen LogP contribution in [-0.4, -0.2) is 50.3 Å². The summed E-state index contributed by atoms with van der Waals surface area (Å²) in [5, 5.41) is 0. The van der Waals surface area contributed by atoms with Crippen LogP contribution in [0.2, 0.25) is 0 Å². The molecule has 2 aromatic rings. The van der Waals surface area contributed by atoms with E-state index in [0.29, 0.717) is 23.5 Å². The minimum absolute atomic E-state index is 0.119. The van der Waals surface area contributed by atoms with Crippen molar-refractivity contribution in [3.8, 4) is 11.5 Å². The van der Waals surface area contributed by atoms with Crippen molar-refractivity contribution in [2.75, 3.05) is 38.4 Å². The van der Waals surface area contributed by atoms with Gasteiger partial charge in [0.05, 0.1) is 25.3 Å². The summed E-state index contributed by atoms with van der Waals surface area (Å²) < 4.78 is 31.2. The molecular weight excluding hydrogens is 439 g/mol. The fraction of sp³-hybridized carbons (Fsp3) is 0.462. The minimum atomic E-state index is -0.483. The summed E-state index contributed by atoms with van der Waals surface area (Å²) in [6, 6.07) is 10.1. The Morgan fingerprint density at radius 2 is 1.82 bits per heavy atom. The molecule has 0 N–H and O–H groups in total. The van der Waals surface area contributed by atoms with E-state index in [-0.39, 0.29) is 43.2 Å². The molecule has 1 saturated heterocycles. The molecule has 0 aromatic heterocycles. The number of amides is 1. The van der Waals surface area contributed by atoms with Gasteiger partial charge in [-0.05, 0) is 68.7 Å². The molecule has 0 atom stereocenters. The van der Waals surface area contributed by atoms with Crippen molar-refractivity contribution in [1.29, 1.82) is 0 Å². The molecule has 1 amide bonds. The lowest BCUT2D eigenvalue weighted by atomic mass is 9.97. The molecule has 0 bridgehead atoms. The van der Waals surface area contributed by atoms with Crippen LogP contribution in [0.15, 0.2) is 36.4 Å². The Kier molecular flexibility index (Phi) is 7.67. The fourth-order valence-corrected chi connectivity index (χ4v) is 4.58. The summed E-state index contributed by atoms with van der Waals surface area (Å²) in [6.45, 7) is 4.88. The molecule has 2 heterocycles. The number of hydrogen-bond donors (Lipinski definition) is 0. The van der Waals surface area contributed by atoms with Crippen LogP contribution >= 0.6 is 0 Å². The van der Waals surface area contributed by atoms with Gasteiger partial charge in [-0.15, -0.1) is 0 Å². The normalized spacial score (nSPS) is 16.8. The van der Waals surface area contributed by atoms with Crippen molar-refractivity contribution in [3.63, 3.8) is 0 Å². The Morgan fingerprint density at radius 3 is 2.50 bits per heavy atom. The number of nitrogens with zero attached hydrogens (tertiary/aromatic N) is 2. The Bertz CT molecular complexity index is 1020. The summed E-state index contributed by atoms with van der Waals surface area (Å²) in [7, 11) is 1.59. The van der Waals surface area contributed by atoms with Gasteiger partial charge in [0.15, 0.2) is 0 Å². The third kappa shape index (κ3) is 5.33. The van der Waals surface area contributed by atoms with Gasteiger partial charge in [-0.2, -0.15) is 0 Å². The molecule has 0 radical (unpaired) electrons. The molecule has 8 heteroatoms. The summed E-state index contributed by atoms with van der Waals surface area (Å²) in [4.78, 5) is 28.9. The molecule has 0 aliphatic carbocycles. The molecule has 0 spiro atoms. The van der Waals surface area contributed by atoms with Gasteiger partial charge in [0, 0.05) is 12.0 Å². The van der Waals surface area contributed by atoms with E-state index in [1.165, 1.54) is 17.0 Å². The van der Waals surface area contributed by atoms with Gasteiger partial charge in [-0.25, -0.2) is 4.39 Å². The Balaban J connectivity index is 1.43. The summed E-state index contributed by atoms with van der Waals surface area (Å²) in [5.74, 6) is 0.126. The van der Waals surface area contributed by atoms with Crippen LogP contribution in [0.5, 0.6) is 11.5 Å². The summed E-state index contributed by atoms with van der Waals surface area (Å²) >= 11 is 0. The van der Waals surface area contributed by atoms with Gasteiger partial charge in [-0.3, -0.25) is 9.59 Å². The van der Waals surface area contributed by atoms with Gasteiger partial charge in [0.1, 0.15) is 17.3 Å². The highest BCUT2D eigenvalue weighted by atomic mass is 19.1. The number of ether oxygens (including phenoxy) is 3. The zero-order chi connectivity index (χ0) is 24.1. The number of likely N-dealkylation sites (tertiary alicyclic amines) is 1. The lowest BCUT2D eigenvalue weighted by Gasteiger charge is -2.31. The average molecular weight is 471 g/mol. The maximum Gasteiger partial charge on any atom is 0.311 e. The second-order valence-electron chi connectivity index (χ2n) is 8.63. The molecule has 2 aromatic carbocycles. The SMILES string of the molecule is CCN1CCC(C(=O)OCOc2ccc(F)c3c2CCC(=O)N3Cc2ccc(OC)cc2)CC1. The second kappa shape index (κ2) is 10.9. The molecule has 1 fully saturated rings.